The minimum atomic E-state index is 0.347. The number of carbonyl (C=O) groups is 1. The van der Waals surface area contributed by atoms with E-state index in [4.69, 9.17) is 0 Å². The quantitative estimate of drug-likeness (QED) is 0.816. The van der Waals surface area contributed by atoms with Crippen molar-refractivity contribution in [1.29, 1.82) is 0 Å². The highest BCUT2D eigenvalue weighted by Gasteiger charge is 2.36. The fourth-order valence-corrected chi connectivity index (χ4v) is 4.92. The van der Waals surface area contributed by atoms with Crippen LogP contribution in [0.25, 0.3) is 0 Å². The van der Waals surface area contributed by atoms with Crippen molar-refractivity contribution in [1.82, 2.24) is 14.8 Å². The molecular weight excluding hydrogens is 326 g/mol. The van der Waals surface area contributed by atoms with Crippen molar-refractivity contribution < 1.29 is 4.79 Å². The van der Waals surface area contributed by atoms with E-state index in [-0.39, 0.29) is 0 Å². The molecule has 1 aromatic rings. The van der Waals surface area contributed by atoms with Crippen LogP contribution in [0.2, 0.25) is 0 Å². The Kier molecular flexibility index (Phi) is 5.99. The summed E-state index contributed by atoms with van der Waals surface area (Å²) < 4.78 is 0. The van der Waals surface area contributed by atoms with E-state index in [9.17, 15) is 4.79 Å². The van der Waals surface area contributed by atoms with Crippen molar-refractivity contribution >= 4 is 29.0 Å². The molecule has 0 N–H and O–H groups in total. The van der Waals surface area contributed by atoms with Gasteiger partial charge in [0, 0.05) is 25.0 Å². The second kappa shape index (κ2) is 7.99. The highest BCUT2D eigenvalue weighted by Crippen LogP contribution is 2.32. The third-order valence-electron chi connectivity index (χ3n) is 5.04. The first-order valence-electron chi connectivity index (χ1n) is 8.64. The molecule has 2 atom stereocenters. The van der Waals surface area contributed by atoms with Crippen LogP contribution in [0.4, 0.5) is 0 Å². The molecule has 4 nitrogen and oxygen atoms in total. The summed E-state index contributed by atoms with van der Waals surface area (Å²) in [4.78, 5) is 21.5. The fourth-order valence-electron chi connectivity index (χ4n) is 3.75. The Morgan fingerprint density at radius 2 is 2.04 bits per heavy atom. The molecule has 2 aliphatic heterocycles. The van der Waals surface area contributed by atoms with Crippen LogP contribution < -0.4 is 0 Å². The fraction of sp³-hybridized carbons (Fsp3) is 0.765. The summed E-state index contributed by atoms with van der Waals surface area (Å²) in [6.45, 7) is 9.43. The van der Waals surface area contributed by atoms with E-state index < -0.39 is 0 Å². The van der Waals surface area contributed by atoms with Gasteiger partial charge in [-0.05, 0) is 50.4 Å². The topological polar surface area (TPSA) is 36.4 Å². The van der Waals surface area contributed by atoms with Crippen LogP contribution in [0.5, 0.6) is 0 Å². The van der Waals surface area contributed by atoms with Gasteiger partial charge < -0.3 is 4.90 Å². The number of carbonyl (C=O) groups excluding carboxylic acids is 1. The molecular formula is C17H27N3OS2. The number of thioether (sulfide) groups is 1. The lowest BCUT2D eigenvalue weighted by Gasteiger charge is -2.21. The summed E-state index contributed by atoms with van der Waals surface area (Å²) in [5, 5.41) is 3.35. The lowest BCUT2D eigenvalue weighted by atomic mass is 9.92. The van der Waals surface area contributed by atoms with E-state index in [2.05, 4.69) is 34.0 Å². The molecule has 0 unspecified atom stereocenters. The average molecular weight is 354 g/mol. The summed E-state index contributed by atoms with van der Waals surface area (Å²) in [6.07, 6.45) is 2.44. The van der Waals surface area contributed by atoms with Gasteiger partial charge in [-0.3, -0.25) is 9.69 Å². The highest BCUT2D eigenvalue weighted by molar-refractivity contribution is 7.99. The van der Waals surface area contributed by atoms with E-state index in [1.54, 1.807) is 23.1 Å². The van der Waals surface area contributed by atoms with E-state index in [1.807, 2.05) is 0 Å². The van der Waals surface area contributed by atoms with Crippen molar-refractivity contribution in [2.75, 3.05) is 37.7 Å². The Morgan fingerprint density at radius 1 is 1.35 bits per heavy atom. The smallest absolute Gasteiger partial charge is 0.232 e. The maximum Gasteiger partial charge on any atom is 0.232 e. The van der Waals surface area contributed by atoms with Gasteiger partial charge in [0.05, 0.1) is 16.5 Å². The second-order valence-electron chi connectivity index (χ2n) is 6.67. The second-order valence-corrected chi connectivity index (χ2v) is 9.00. The standard InChI is InChI=1S/C17H27N3OS2/c1-3-22-12-17(21)20-8-14-4-6-19(7-5-15(14)9-20)10-16-11-23-13(2)18-16/h11,14-15H,3-10,12H2,1-2H3/t14-,15+. The lowest BCUT2D eigenvalue weighted by molar-refractivity contribution is -0.127. The number of nitrogens with zero attached hydrogens (tertiary/aromatic N) is 3. The van der Waals surface area contributed by atoms with E-state index in [1.165, 1.54) is 18.5 Å². The summed E-state index contributed by atoms with van der Waals surface area (Å²) in [6, 6.07) is 0. The molecule has 2 aliphatic rings. The molecule has 128 valence electrons. The molecule has 0 radical (unpaired) electrons. The van der Waals surface area contributed by atoms with Crippen LogP contribution >= 0.6 is 23.1 Å². The molecule has 0 spiro atoms. The number of hydrogen-bond acceptors (Lipinski definition) is 5. The molecule has 3 rings (SSSR count). The Labute approximate surface area is 147 Å². The maximum atomic E-state index is 12.2. The van der Waals surface area contributed by atoms with Gasteiger partial charge in [0.2, 0.25) is 5.91 Å². The van der Waals surface area contributed by atoms with Crippen LogP contribution in [-0.2, 0) is 11.3 Å². The molecule has 6 heteroatoms. The monoisotopic (exact) mass is 353 g/mol. The Balaban J connectivity index is 1.49. The first-order valence-corrected chi connectivity index (χ1v) is 10.7. The summed E-state index contributed by atoms with van der Waals surface area (Å²) in [5.74, 6) is 3.43. The number of aryl methyl sites for hydroxylation is 1. The van der Waals surface area contributed by atoms with E-state index >= 15 is 0 Å². The predicted molar refractivity (Wildman–Crippen MR) is 97.9 cm³/mol. The Bertz CT molecular complexity index is 518. The number of hydrogen-bond donors (Lipinski definition) is 0. The van der Waals surface area contributed by atoms with Gasteiger partial charge in [-0.15, -0.1) is 11.3 Å². The van der Waals surface area contributed by atoms with Gasteiger partial charge in [-0.2, -0.15) is 11.8 Å². The normalized spacial score (nSPS) is 25.4. The zero-order chi connectivity index (χ0) is 16.2. The van der Waals surface area contributed by atoms with Crippen LogP contribution in [0.1, 0.15) is 30.5 Å². The van der Waals surface area contributed by atoms with Crippen LogP contribution in [0.3, 0.4) is 0 Å². The average Bonchev–Trinajstić information content (AvgIpc) is 3.09. The minimum Gasteiger partial charge on any atom is -0.341 e. The minimum absolute atomic E-state index is 0.347. The molecule has 2 saturated heterocycles. The van der Waals surface area contributed by atoms with Crippen molar-refractivity contribution in [3.05, 3.63) is 16.1 Å². The molecule has 0 bridgehead atoms. The molecule has 0 aliphatic carbocycles. The molecule has 1 amide bonds. The Hall–Kier alpha value is -0.590. The van der Waals surface area contributed by atoms with Gasteiger partial charge in [-0.25, -0.2) is 4.98 Å². The molecule has 23 heavy (non-hydrogen) atoms. The maximum absolute atomic E-state index is 12.2. The number of amides is 1. The lowest BCUT2D eigenvalue weighted by Crippen LogP contribution is -2.32. The van der Waals surface area contributed by atoms with Gasteiger partial charge in [0.1, 0.15) is 0 Å². The molecule has 0 saturated carbocycles. The number of fused-ring (bicyclic) bond motifs is 1. The van der Waals surface area contributed by atoms with E-state index in [0.717, 1.165) is 43.5 Å². The van der Waals surface area contributed by atoms with Gasteiger partial charge in [0.25, 0.3) is 0 Å². The summed E-state index contributed by atoms with van der Waals surface area (Å²) in [5.41, 5.74) is 1.22. The number of thiazole rings is 1. The molecule has 0 aromatic carbocycles. The van der Waals surface area contributed by atoms with Gasteiger partial charge in [-0.1, -0.05) is 6.92 Å². The van der Waals surface area contributed by atoms with Crippen molar-refractivity contribution in [3.8, 4) is 0 Å². The third kappa shape index (κ3) is 4.48. The predicted octanol–water partition coefficient (Wildman–Crippen LogP) is 2.88. The zero-order valence-corrected chi connectivity index (χ0v) is 15.8. The van der Waals surface area contributed by atoms with E-state index in [0.29, 0.717) is 23.5 Å². The van der Waals surface area contributed by atoms with Crippen molar-refractivity contribution in [2.45, 2.75) is 33.2 Å². The Morgan fingerprint density at radius 3 is 2.61 bits per heavy atom. The van der Waals surface area contributed by atoms with Gasteiger partial charge in [0.15, 0.2) is 0 Å². The SMILES string of the molecule is CCSCC(=O)N1C[C@H]2CCN(Cc3csc(C)n3)CC[C@H]2C1. The molecule has 3 heterocycles. The summed E-state index contributed by atoms with van der Waals surface area (Å²) >= 11 is 3.48. The van der Waals surface area contributed by atoms with Crippen LogP contribution in [0.15, 0.2) is 5.38 Å². The number of aromatic nitrogens is 1. The number of likely N-dealkylation sites (tertiary alicyclic amines) is 2. The zero-order valence-electron chi connectivity index (χ0n) is 14.2. The first kappa shape index (κ1) is 17.2. The van der Waals surface area contributed by atoms with Gasteiger partial charge >= 0.3 is 0 Å². The number of rotatable bonds is 5. The first-order chi connectivity index (χ1) is 11.2. The third-order valence-corrected chi connectivity index (χ3v) is 6.72. The highest BCUT2D eigenvalue weighted by atomic mass is 32.2. The summed E-state index contributed by atoms with van der Waals surface area (Å²) in [7, 11) is 0. The molecule has 2 fully saturated rings. The van der Waals surface area contributed by atoms with Crippen molar-refractivity contribution in [3.63, 3.8) is 0 Å². The van der Waals surface area contributed by atoms with Crippen LogP contribution in [0, 0.1) is 18.8 Å². The van der Waals surface area contributed by atoms with Crippen molar-refractivity contribution in [2.24, 2.45) is 11.8 Å². The van der Waals surface area contributed by atoms with Crippen LogP contribution in [-0.4, -0.2) is 58.4 Å². The molecule has 1 aromatic heterocycles. The largest absolute Gasteiger partial charge is 0.341 e.